The van der Waals surface area contributed by atoms with Gasteiger partial charge in [0.25, 0.3) is 0 Å². The molecule has 0 aliphatic carbocycles. The molecule has 0 unspecified atom stereocenters. The Morgan fingerprint density at radius 3 is 2.64 bits per heavy atom. The highest BCUT2D eigenvalue weighted by atomic mass is 35.5. The summed E-state index contributed by atoms with van der Waals surface area (Å²) in [6, 6.07) is 4.45. The van der Waals surface area contributed by atoms with Gasteiger partial charge in [0.15, 0.2) is 0 Å². The maximum Gasteiger partial charge on any atom is 0.341 e. The Morgan fingerprint density at radius 2 is 1.96 bits per heavy atom. The van der Waals surface area contributed by atoms with Crippen LogP contribution in [0.3, 0.4) is 0 Å². The fraction of sp³-hybridized carbons (Fsp3) is 0.600. The Balaban J connectivity index is 0.00000392. The van der Waals surface area contributed by atoms with Crippen molar-refractivity contribution in [1.29, 1.82) is 0 Å². The number of rotatable bonds is 10. The van der Waals surface area contributed by atoms with Gasteiger partial charge < -0.3 is 19.9 Å². The van der Waals surface area contributed by atoms with Crippen molar-refractivity contribution >= 4 is 30.0 Å². The van der Waals surface area contributed by atoms with Crippen LogP contribution in [0.1, 0.15) is 49.4 Å². The molecule has 2 rings (SSSR count). The number of hydrogen-bond donors (Lipinski definition) is 2. The molecule has 0 atom stereocenters. The van der Waals surface area contributed by atoms with Gasteiger partial charge in [0.05, 0.1) is 19.8 Å². The van der Waals surface area contributed by atoms with Crippen LogP contribution in [0.5, 0.6) is 5.75 Å². The molecule has 0 bridgehead atoms. The highest BCUT2D eigenvalue weighted by molar-refractivity contribution is 5.95. The lowest BCUT2D eigenvalue weighted by atomic mass is 10.1. The first-order chi connectivity index (χ1) is 13.1. The van der Waals surface area contributed by atoms with E-state index in [9.17, 15) is 14.7 Å². The molecular weight excluding hydrogens is 384 g/mol. The van der Waals surface area contributed by atoms with Gasteiger partial charge in [-0.3, -0.25) is 9.69 Å². The van der Waals surface area contributed by atoms with Gasteiger partial charge in [-0.15, -0.1) is 12.4 Å². The lowest BCUT2D eigenvalue weighted by Gasteiger charge is -2.26. The molecule has 0 radical (unpaired) electrons. The standard InChI is InChI=1S/C20H30N2O5.ClH/c1-2-3-4-5-12-27-20(25)17-7-6-16(15-18(17)23)21-19(24)8-9-22-10-13-26-14-11-22;/h6-7,15,23H,2-5,8-14H2,1H3,(H,21,24);1H. The molecule has 7 nitrogen and oxygen atoms in total. The Morgan fingerprint density at radius 1 is 1.21 bits per heavy atom. The lowest BCUT2D eigenvalue weighted by Crippen LogP contribution is -2.38. The van der Waals surface area contributed by atoms with Crippen LogP contribution in [0.15, 0.2) is 18.2 Å². The maximum atomic E-state index is 12.1. The minimum atomic E-state index is -0.547. The first-order valence-electron chi connectivity index (χ1n) is 9.70. The molecule has 1 aromatic rings. The number of carbonyl (C=O) groups excluding carboxylic acids is 2. The van der Waals surface area contributed by atoms with Crippen molar-refractivity contribution < 1.29 is 24.2 Å². The van der Waals surface area contributed by atoms with Gasteiger partial charge in [0.2, 0.25) is 5.91 Å². The van der Waals surface area contributed by atoms with Gasteiger partial charge in [-0.25, -0.2) is 4.79 Å². The van der Waals surface area contributed by atoms with Crippen LogP contribution in [-0.4, -0.2) is 61.3 Å². The van der Waals surface area contributed by atoms with Crippen molar-refractivity contribution in [3.8, 4) is 5.75 Å². The Kier molecular flexibility index (Phi) is 11.6. The number of hydrogen-bond acceptors (Lipinski definition) is 6. The molecule has 8 heteroatoms. The number of unbranched alkanes of at least 4 members (excludes halogenated alkanes) is 3. The smallest absolute Gasteiger partial charge is 0.341 e. The molecule has 1 fully saturated rings. The lowest BCUT2D eigenvalue weighted by molar-refractivity contribution is -0.116. The quantitative estimate of drug-likeness (QED) is 0.451. The second kappa shape index (κ2) is 13.4. The van der Waals surface area contributed by atoms with E-state index in [1.54, 1.807) is 6.07 Å². The Labute approximate surface area is 172 Å². The van der Waals surface area contributed by atoms with Crippen molar-refractivity contribution in [2.75, 3.05) is 44.8 Å². The Hall–Kier alpha value is -1.83. The summed E-state index contributed by atoms with van der Waals surface area (Å²) in [6.07, 6.45) is 4.43. The van der Waals surface area contributed by atoms with Gasteiger partial charge in [-0.1, -0.05) is 26.2 Å². The number of morpholine rings is 1. The minimum absolute atomic E-state index is 0. The minimum Gasteiger partial charge on any atom is -0.507 e. The fourth-order valence-electron chi connectivity index (χ4n) is 2.86. The number of phenols is 1. The van der Waals surface area contributed by atoms with Crippen molar-refractivity contribution in [3.63, 3.8) is 0 Å². The van der Waals surface area contributed by atoms with Crippen LogP contribution in [0, 0.1) is 0 Å². The van der Waals surface area contributed by atoms with Gasteiger partial charge >= 0.3 is 5.97 Å². The summed E-state index contributed by atoms with van der Waals surface area (Å²) in [5, 5.41) is 12.8. The predicted octanol–water partition coefficient (Wildman–Crippen LogP) is 3.21. The monoisotopic (exact) mass is 414 g/mol. The van der Waals surface area contributed by atoms with Crippen molar-refractivity contribution in [2.24, 2.45) is 0 Å². The molecule has 1 saturated heterocycles. The molecule has 1 aliphatic heterocycles. The molecule has 0 saturated carbocycles. The van der Waals surface area contributed by atoms with E-state index in [2.05, 4.69) is 17.1 Å². The summed E-state index contributed by atoms with van der Waals surface area (Å²) >= 11 is 0. The van der Waals surface area contributed by atoms with E-state index in [4.69, 9.17) is 9.47 Å². The summed E-state index contributed by atoms with van der Waals surface area (Å²) in [7, 11) is 0. The summed E-state index contributed by atoms with van der Waals surface area (Å²) in [5.74, 6) is -0.874. The number of benzene rings is 1. The van der Waals surface area contributed by atoms with E-state index in [0.29, 0.717) is 38.5 Å². The van der Waals surface area contributed by atoms with Crippen LogP contribution >= 0.6 is 12.4 Å². The number of amides is 1. The maximum absolute atomic E-state index is 12.1. The van der Waals surface area contributed by atoms with E-state index in [1.165, 1.54) is 12.1 Å². The fourth-order valence-corrected chi connectivity index (χ4v) is 2.86. The molecule has 1 aliphatic rings. The van der Waals surface area contributed by atoms with E-state index >= 15 is 0 Å². The second-order valence-electron chi connectivity index (χ2n) is 6.68. The van der Waals surface area contributed by atoms with Crippen molar-refractivity contribution in [1.82, 2.24) is 4.90 Å². The predicted molar refractivity (Wildman–Crippen MR) is 110 cm³/mol. The molecule has 0 spiro atoms. The largest absolute Gasteiger partial charge is 0.507 e. The second-order valence-corrected chi connectivity index (χ2v) is 6.68. The van der Waals surface area contributed by atoms with Crippen LogP contribution in [0.4, 0.5) is 5.69 Å². The zero-order valence-electron chi connectivity index (χ0n) is 16.4. The highest BCUT2D eigenvalue weighted by Gasteiger charge is 2.15. The highest BCUT2D eigenvalue weighted by Crippen LogP contribution is 2.23. The molecule has 28 heavy (non-hydrogen) atoms. The van der Waals surface area contributed by atoms with Gasteiger partial charge in [-0.05, 0) is 18.6 Å². The Bertz CT molecular complexity index is 621. The topological polar surface area (TPSA) is 88.1 Å². The molecule has 1 aromatic carbocycles. The average molecular weight is 415 g/mol. The first kappa shape index (κ1) is 24.2. The number of ether oxygens (including phenoxy) is 2. The zero-order chi connectivity index (χ0) is 19.5. The number of nitrogens with one attached hydrogen (secondary N) is 1. The number of halogens is 1. The number of aromatic hydroxyl groups is 1. The third-order valence-electron chi connectivity index (χ3n) is 4.49. The summed E-state index contributed by atoms with van der Waals surface area (Å²) < 4.78 is 10.5. The third kappa shape index (κ3) is 8.46. The van der Waals surface area contributed by atoms with E-state index in [0.717, 1.165) is 38.8 Å². The number of anilines is 1. The zero-order valence-corrected chi connectivity index (χ0v) is 17.3. The molecule has 158 valence electrons. The van der Waals surface area contributed by atoms with Crippen LogP contribution in [0.2, 0.25) is 0 Å². The van der Waals surface area contributed by atoms with Gasteiger partial charge in [0.1, 0.15) is 11.3 Å². The van der Waals surface area contributed by atoms with E-state index < -0.39 is 5.97 Å². The van der Waals surface area contributed by atoms with Crippen molar-refractivity contribution in [2.45, 2.75) is 39.0 Å². The molecule has 1 amide bonds. The summed E-state index contributed by atoms with van der Waals surface area (Å²) in [5.41, 5.74) is 0.566. The average Bonchev–Trinajstić information content (AvgIpc) is 2.67. The van der Waals surface area contributed by atoms with Crippen LogP contribution in [-0.2, 0) is 14.3 Å². The molecular formula is C20H31ClN2O5. The summed E-state index contributed by atoms with van der Waals surface area (Å²) in [6.45, 7) is 6.21. The van der Waals surface area contributed by atoms with Crippen LogP contribution < -0.4 is 5.32 Å². The molecule has 0 aromatic heterocycles. The first-order valence-corrected chi connectivity index (χ1v) is 9.70. The number of nitrogens with zero attached hydrogens (tertiary/aromatic N) is 1. The SMILES string of the molecule is CCCCCCOC(=O)c1ccc(NC(=O)CCN2CCOCC2)cc1O.Cl. The van der Waals surface area contributed by atoms with Gasteiger partial charge in [0, 0.05) is 37.8 Å². The number of esters is 1. The molecule has 1 heterocycles. The number of carbonyl (C=O) groups is 2. The van der Waals surface area contributed by atoms with E-state index in [-0.39, 0.29) is 29.6 Å². The molecule has 2 N–H and O–H groups in total. The third-order valence-corrected chi connectivity index (χ3v) is 4.49. The van der Waals surface area contributed by atoms with Crippen LogP contribution in [0.25, 0.3) is 0 Å². The van der Waals surface area contributed by atoms with E-state index in [1.807, 2.05) is 0 Å². The van der Waals surface area contributed by atoms with Crippen molar-refractivity contribution in [3.05, 3.63) is 23.8 Å². The number of phenolic OH excluding ortho intramolecular Hbond substituents is 1. The van der Waals surface area contributed by atoms with Gasteiger partial charge in [-0.2, -0.15) is 0 Å². The normalized spacial score (nSPS) is 14.2. The summed E-state index contributed by atoms with van der Waals surface area (Å²) in [4.78, 5) is 26.3.